The van der Waals surface area contributed by atoms with Crippen molar-refractivity contribution in [2.24, 2.45) is 16.8 Å². The van der Waals surface area contributed by atoms with Gasteiger partial charge in [0.25, 0.3) is 5.91 Å². The zero-order valence-corrected chi connectivity index (χ0v) is 18.7. The zero-order chi connectivity index (χ0) is 23.0. The Morgan fingerprint density at radius 2 is 1.72 bits per heavy atom. The smallest absolute Gasteiger partial charge is 0.335 e. The number of benzene rings is 2. The van der Waals surface area contributed by atoms with Crippen LogP contribution in [-0.2, 0) is 4.79 Å². The number of halogens is 1. The van der Waals surface area contributed by atoms with Gasteiger partial charge in [0.1, 0.15) is 17.2 Å². The van der Waals surface area contributed by atoms with Crippen molar-refractivity contribution >= 4 is 17.6 Å². The van der Waals surface area contributed by atoms with Crippen molar-refractivity contribution in [2.75, 3.05) is 0 Å². The lowest BCUT2D eigenvalue weighted by Crippen LogP contribution is -2.52. The third kappa shape index (κ3) is 3.94. The Bertz CT molecular complexity index is 1040. The fraction of sp³-hybridized carbons (Fsp3) is 0.423. The molecule has 1 heterocycles. The quantitative estimate of drug-likeness (QED) is 0.677. The standard InChI is InChI=1S/C26H29FN2O3/c1-4-22(18-5-7-20(8-6-18)25(31)32)29-24(30)23(19-9-11-21(27)12-10-19)28-26(29)14-16(2)13-17(3)15-26/h5-12,16-17,22H,4,13-15H2,1-3H3,(H,31,32)/t16?,17?,22-,26?/m1/s1. The summed E-state index contributed by atoms with van der Waals surface area (Å²) in [6, 6.07) is 12.5. The second-order valence-electron chi connectivity index (χ2n) is 9.33. The molecule has 1 spiro atoms. The third-order valence-corrected chi connectivity index (χ3v) is 6.70. The van der Waals surface area contributed by atoms with Crippen LogP contribution >= 0.6 is 0 Å². The molecule has 0 saturated heterocycles. The maximum atomic E-state index is 13.8. The molecule has 2 aliphatic rings. The predicted octanol–water partition coefficient (Wildman–Crippen LogP) is 5.46. The molecule has 0 bridgehead atoms. The van der Waals surface area contributed by atoms with E-state index in [0.717, 1.165) is 24.8 Å². The number of aromatic carboxylic acids is 1. The van der Waals surface area contributed by atoms with Crippen molar-refractivity contribution in [3.05, 3.63) is 71.0 Å². The number of carboxylic acid groups (broad SMARTS) is 1. The summed E-state index contributed by atoms with van der Waals surface area (Å²) in [5, 5.41) is 9.25. The highest BCUT2D eigenvalue weighted by molar-refractivity contribution is 6.46. The average Bonchev–Trinajstić information content (AvgIpc) is 3.00. The van der Waals surface area contributed by atoms with Gasteiger partial charge in [-0.05, 0) is 79.5 Å². The Kier molecular flexibility index (Phi) is 5.89. The molecule has 1 saturated carbocycles. The molecule has 5 nitrogen and oxygen atoms in total. The fourth-order valence-electron chi connectivity index (χ4n) is 5.60. The number of hydrogen-bond acceptors (Lipinski definition) is 3. The highest BCUT2D eigenvalue weighted by atomic mass is 19.1. The summed E-state index contributed by atoms with van der Waals surface area (Å²) < 4.78 is 13.5. The zero-order valence-electron chi connectivity index (χ0n) is 18.7. The number of carbonyl (C=O) groups is 2. The molecule has 4 rings (SSSR count). The van der Waals surface area contributed by atoms with Crippen LogP contribution in [0.2, 0.25) is 0 Å². The normalized spacial score (nSPS) is 26.3. The van der Waals surface area contributed by atoms with Crippen LogP contribution in [-0.4, -0.2) is 33.3 Å². The summed E-state index contributed by atoms with van der Waals surface area (Å²) in [5.41, 5.74) is 1.47. The highest BCUT2D eigenvalue weighted by Gasteiger charge is 2.52. The maximum absolute atomic E-state index is 13.8. The van der Waals surface area contributed by atoms with Crippen molar-refractivity contribution in [1.29, 1.82) is 0 Å². The first-order valence-electron chi connectivity index (χ1n) is 11.3. The molecule has 1 N–H and O–H groups in total. The second-order valence-corrected chi connectivity index (χ2v) is 9.33. The van der Waals surface area contributed by atoms with E-state index in [4.69, 9.17) is 4.99 Å². The van der Waals surface area contributed by atoms with Crippen LogP contribution in [0.1, 0.15) is 74.0 Å². The molecule has 1 amide bonds. The molecule has 3 atom stereocenters. The number of amides is 1. The molecule has 0 aromatic heterocycles. The van der Waals surface area contributed by atoms with Crippen molar-refractivity contribution < 1.29 is 19.1 Å². The Morgan fingerprint density at radius 3 is 2.25 bits per heavy atom. The lowest BCUT2D eigenvalue weighted by atomic mass is 9.75. The summed E-state index contributed by atoms with van der Waals surface area (Å²) in [6.45, 7) is 6.44. The lowest BCUT2D eigenvalue weighted by molar-refractivity contribution is -0.134. The van der Waals surface area contributed by atoms with Crippen LogP contribution < -0.4 is 0 Å². The number of nitrogens with zero attached hydrogens (tertiary/aromatic N) is 2. The predicted molar refractivity (Wildman–Crippen MR) is 121 cm³/mol. The average molecular weight is 437 g/mol. The van der Waals surface area contributed by atoms with Crippen LogP contribution in [0, 0.1) is 17.7 Å². The van der Waals surface area contributed by atoms with E-state index in [2.05, 4.69) is 13.8 Å². The van der Waals surface area contributed by atoms with Gasteiger partial charge in [-0.25, -0.2) is 9.18 Å². The second kappa shape index (κ2) is 8.49. The van der Waals surface area contributed by atoms with Crippen LogP contribution in [0.15, 0.2) is 53.5 Å². The monoisotopic (exact) mass is 436 g/mol. The highest BCUT2D eigenvalue weighted by Crippen LogP contribution is 2.48. The third-order valence-electron chi connectivity index (χ3n) is 6.70. The molecule has 0 radical (unpaired) electrons. The molecule has 168 valence electrons. The van der Waals surface area contributed by atoms with E-state index in [1.165, 1.54) is 12.1 Å². The van der Waals surface area contributed by atoms with Gasteiger partial charge in [-0.1, -0.05) is 32.9 Å². The minimum atomic E-state index is -0.977. The van der Waals surface area contributed by atoms with E-state index < -0.39 is 11.6 Å². The van der Waals surface area contributed by atoms with Crippen molar-refractivity contribution in [1.82, 2.24) is 4.90 Å². The first kappa shape index (κ1) is 22.2. The van der Waals surface area contributed by atoms with Gasteiger partial charge in [0.05, 0.1) is 11.6 Å². The number of carboxylic acids is 1. The van der Waals surface area contributed by atoms with E-state index in [0.29, 0.717) is 29.5 Å². The Labute approximate surface area is 188 Å². The fourth-order valence-corrected chi connectivity index (χ4v) is 5.60. The SMILES string of the molecule is CC[C@H](c1ccc(C(=O)O)cc1)N1C(=O)C(c2ccc(F)cc2)=NC12CC(C)CC(C)C2. The van der Waals surface area contributed by atoms with E-state index >= 15 is 0 Å². The Balaban J connectivity index is 1.79. The van der Waals surface area contributed by atoms with Crippen molar-refractivity contribution in [2.45, 2.75) is 58.2 Å². The van der Waals surface area contributed by atoms with Crippen molar-refractivity contribution in [3.63, 3.8) is 0 Å². The van der Waals surface area contributed by atoms with Gasteiger partial charge in [0, 0.05) is 5.56 Å². The van der Waals surface area contributed by atoms with Crippen molar-refractivity contribution in [3.8, 4) is 0 Å². The molecular weight excluding hydrogens is 407 g/mol. The maximum Gasteiger partial charge on any atom is 0.335 e. The van der Waals surface area contributed by atoms with Crippen LogP contribution in [0.4, 0.5) is 4.39 Å². The molecular formula is C26H29FN2O3. The first-order valence-corrected chi connectivity index (χ1v) is 11.3. The molecule has 1 aliphatic heterocycles. The summed E-state index contributed by atoms with van der Waals surface area (Å²) in [4.78, 5) is 32.1. The van der Waals surface area contributed by atoms with Gasteiger partial charge in [-0.2, -0.15) is 0 Å². The number of hydrogen-bond donors (Lipinski definition) is 1. The van der Waals surface area contributed by atoms with Gasteiger partial charge in [-0.3, -0.25) is 9.79 Å². The summed E-state index contributed by atoms with van der Waals surface area (Å²) >= 11 is 0. The topological polar surface area (TPSA) is 70.0 Å². The number of aliphatic imine (C=N–C) groups is 1. The minimum absolute atomic E-state index is 0.146. The van der Waals surface area contributed by atoms with E-state index in [1.807, 2.05) is 11.8 Å². The minimum Gasteiger partial charge on any atom is -0.478 e. The number of carbonyl (C=O) groups excluding carboxylic acids is 1. The summed E-state index contributed by atoms with van der Waals surface area (Å²) in [6.07, 6.45) is 3.32. The van der Waals surface area contributed by atoms with Crippen LogP contribution in [0.5, 0.6) is 0 Å². The summed E-state index contributed by atoms with van der Waals surface area (Å²) in [5.74, 6) is -0.645. The van der Waals surface area contributed by atoms with E-state index in [9.17, 15) is 19.1 Å². The molecule has 1 aliphatic carbocycles. The van der Waals surface area contributed by atoms with Gasteiger partial charge in [0.15, 0.2) is 0 Å². The Hall–Kier alpha value is -3.02. The van der Waals surface area contributed by atoms with Crippen LogP contribution in [0.25, 0.3) is 0 Å². The van der Waals surface area contributed by atoms with E-state index in [-0.39, 0.29) is 23.3 Å². The van der Waals surface area contributed by atoms with Gasteiger partial charge in [-0.15, -0.1) is 0 Å². The number of rotatable bonds is 5. The molecule has 2 unspecified atom stereocenters. The van der Waals surface area contributed by atoms with Gasteiger partial charge < -0.3 is 10.0 Å². The Morgan fingerprint density at radius 1 is 1.12 bits per heavy atom. The summed E-state index contributed by atoms with van der Waals surface area (Å²) in [7, 11) is 0. The van der Waals surface area contributed by atoms with Gasteiger partial charge in [0.2, 0.25) is 0 Å². The molecule has 32 heavy (non-hydrogen) atoms. The van der Waals surface area contributed by atoms with E-state index in [1.54, 1.807) is 36.4 Å². The van der Waals surface area contributed by atoms with Crippen LogP contribution in [0.3, 0.4) is 0 Å². The molecule has 2 aromatic rings. The first-order chi connectivity index (χ1) is 15.2. The molecule has 2 aromatic carbocycles. The lowest BCUT2D eigenvalue weighted by Gasteiger charge is -2.47. The molecule has 6 heteroatoms. The largest absolute Gasteiger partial charge is 0.478 e. The van der Waals surface area contributed by atoms with Gasteiger partial charge >= 0.3 is 5.97 Å². The molecule has 1 fully saturated rings.